The van der Waals surface area contributed by atoms with E-state index in [0.717, 1.165) is 38.8 Å². The SMILES string of the molecule is O=C(NC1CC=CCC1)C1CCNC1. The molecule has 0 bridgehead atoms. The molecule has 1 heterocycles. The smallest absolute Gasteiger partial charge is 0.224 e. The number of allylic oxidation sites excluding steroid dienone is 1. The van der Waals surface area contributed by atoms with Crippen LogP contribution in [0.1, 0.15) is 25.7 Å². The lowest BCUT2D eigenvalue weighted by Gasteiger charge is -2.21. The summed E-state index contributed by atoms with van der Waals surface area (Å²) >= 11 is 0. The second kappa shape index (κ2) is 4.60. The number of amides is 1. The van der Waals surface area contributed by atoms with Gasteiger partial charge in [-0.05, 0) is 32.2 Å². The van der Waals surface area contributed by atoms with Gasteiger partial charge in [-0.25, -0.2) is 0 Å². The number of rotatable bonds is 2. The molecule has 1 aliphatic heterocycles. The van der Waals surface area contributed by atoms with Gasteiger partial charge in [0, 0.05) is 12.6 Å². The Kier molecular flexibility index (Phi) is 3.19. The van der Waals surface area contributed by atoms with Crippen LogP contribution in [0.3, 0.4) is 0 Å². The average Bonchev–Trinajstić information content (AvgIpc) is 2.72. The van der Waals surface area contributed by atoms with Crippen molar-refractivity contribution in [1.82, 2.24) is 10.6 Å². The Bertz CT molecular complexity index is 231. The van der Waals surface area contributed by atoms with Gasteiger partial charge in [-0.15, -0.1) is 0 Å². The van der Waals surface area contributed by atoms with Crippen molar-refractivity contribution < 1.29 is 4.79 Å². The van der Waals surface area contributed by atoms with E-state index >= 15 is 0 Å². The van der Waals surface area contributed by atoms with Crippen LogP contribution in [-0.2, 0) is 4.79 Å². The number of nitrogens with one attached hydrogen (secondary N) is 2. The van der Waals surface area contributed by atoms with Crippen LogP contribution in [-0.4, -0.2) is 25.0 Å². The normalized spacial score (nSPS) is 31.7. The predicted octanol–water partition coefficient (Wildman–Crippen LogP) is 0.821. The molecule has 1 aliphatic carbocycles. The first-order chi connectivity index (χ1) is 6.86. The van der Waals surface area contributed by atoms with Gasteiger partial charge in [0.25, 0.3) is 0 Å². The maximum Gasteiger partial charge on any atom is 0.224 e. The highest BCUT2D eigenvalue weighted by molar-refractivity contribution is 5.79. The first-order valence-corrected chi connectivity index (χ1v) is 5.52. The van der Waals surface area contributed by atoms with E-state index in [1.54, 1.807) is 0 Å². The van der Waals surface area contributed by atoms with Gasteiger partial charge in [0.05, 0.1) is 5.92 Å². The Labute approximate surface area is 84.9 Å². The first-order valence-electron chi connectivity index (χ1n) is 5.52. The molecule has 1 saturated heterocycles. The Balaban J connectivity index is 1.78. The highest BCUT2D eigenvalue weighted by Gasteiger charge is 2.24. The summed E-state index contributed by atoms with van der Waals surface area (Å²) in [6.45, 7) is 1.84. The molecule has 0 aromatic carbocycles. The molecule has 2 unspecified atom stereocenters. The summed E-state index contributed by atoms with van der Waals surface area (Å²) in [5, 5.41) is 6.35. The van der Waals surface area contributed by atoms with E-state index in [1.165, 1.54) is 0 Å². The van der Waals surface area contributed by atoms with Crippen LogP contribution in [0.2, 0.25) is 0 Å². The summed E-state index contributed by atoms with van der Waals surface area (Å²) in [5.74, 6) is 0.455. The Hall–Kier alpha value is -0.830. The zero-order chi connectivity index (χ0) is 9.80. The fourth-order valence-electron chi connectivity index (χ4n) is 2.12. The molecule has 1 amide bonds. The van der Waals surface area contributed by atoms with Crippen LogP contribution in [0.5, 0.6) is 0 Å². The number of carbonyl (C=O) groups is 1. The minimum absolute atomic E-state index is 0.209. The highest BCUT2D eigenvalue weighted by Crippen LogP contribution is 2.13. The first kappa shape index (κ1) is 9.71. The summed E-state index contributed by atoms with van der Waals surface area (Å²) in [4.78, 5) is 11.7. The third-order valence-corrected chi connectivity index (χ3v) is 3.05. The van der Waals surface area contributed by atoms with Crippen molar-refractivity contribution in [2.24, 2.45) is 5.92 Å². The summed E-state index contributed by atoms with van der Waals surface area (Å²) in [6, 6.07) is 0.382. The van der Waals surface area contributed by atoms with Crippen LogP contribution in [0.15, 0.2) is 12.2 Å². The average molecular weight is 194 g/mol. The van der Waals surface area contributed by atoms with Gasteiger partial charge < -0.3 is 10.6 Å². The minimum atomic E-state index is 0.209. The second-order valence-electron chi connectivity index (χ2n) is 4.18. The predicted molar refractivity (Wildman–Crippen MR) is 55.9 cm³/mol. The molecular weight excluding hydrogens is 176 g/mol. The number of carbonyl (C=O) groups excluding carboxylic acids is 1. The summed E-state index contributed by atoms with van der Waals surface area (Å²) in [6.07, 6.45) is 8.57. The van der Waals surface area contributed by atoms with Crippen LogP contribution in [0.25, 0.3) is 0 Å². The monoisotopic (exact) mass is 194 g/mol. The molecule has 0 saturated carbocycles. The van der Waals surface area contributed by atoms with Gasteiger partial charge in [0.1, 0.15) is 0 Å². The van der Waals surface area contributed by atoms with Crippen LogP contribution >= 0.6 is 0 Å². The summed E-state index contributed by atoms with van der Waals surface area (Å²) in [5.41, 5.74) is 0. The molecule has 3 nitrogen and oxygen atoms in total. The van der Waals surface area contributed by atoms with Crippen LogP contribution < -0.4 is 10.6 Å². The quantitative estimate of drug-likeness (QED) is 0.639. The largest absolute Gasteiger partial charge is 0.353 e. The van der Waals surface area contributed by atoms with E-state index in [-0.39, 0.29) is 11.8 Å². The van der Waals surface area contributed by atoms with Crippen molar-refractivity contribution in [1.29, 1.82) is 0 Å². The molecule has 3 heteroatoms. The number of hydrogen-bond donors (Lipinski definition) is 2. The van der Waals surface area contributed by atoms with Crippen LogP contribution in [0.4, 0.5) is 0 Å². The molecule has 2 rings (SSSR count). The minimum Gasteiger partial charge on any atom is -0.353 e. The molecule has 2 atom stereocenters. The lowest BCUT2D eigenvalue weighted by atomic mass is 10.0. The van der Waals surface area contributed by atoms with Gasteiger partial charge in [-0.1, -0.05) is 12.2 Å². The van der Waals surface area contributed by atoms with E-state index in [2.05, 4.69) is 22.8 Å². The van der Waals surface area contributed by atoms with Crippen molar-refractivity contribution in [3.05, 3.63) is 12.2 Å². The van der Waals surface area contributed by atoms with Crippen molar-refractivity contribution >= 4 is 5.91 Å². The van der Waals surface area contributed by atoms with Crippen molar-refractivity contribution in [2.75, 3.05) is 13.1 Å². The molecule has 14 heavy (non-hydrogen) atoms. The maximum absolute atomic E-state index is 11.7. The molecular formula is C11H18N2O. The summed E-state index contributed by atoms with van der Waals surface area (Å²) in [7, 11) is 0. The molecule has 0 aromatic rings. The van der Waals surface area contributed by atoms with E-state index in [0.29, 0.717) is 6.04 Å². The molecule has 78 valence electrons. The Morgan fingerprint density at radius 3 is 2.93 bits per heavy atom. The molecule has 0 radical (unpaired) electrons. The zero-order valence-corrected chi connectivity index (χ0v) is 8.46. The molecule has 2 N–H and O–H groups in total. The van der Waals surface area contributed by atoms with Gasteiger partial charge in [-0.3, -0.25) is 4.79 Å². The second-order valence-corrected chi connectivity index (χ2v) is 4.18. The van der Waals surface area contributed by atoms with Gasteiger partial charge >= 0.3 is 0 Å². The van der Waals surface area contributed by atoms with E-state index in [9.17, 15) is 4.79 Å². The fraction of sp³-hybridized carbons (Fsp3) is 0.727. The van der Waals surface area contributed by atoms with E-state index < -0.39 is 0 Å². The number of hydrogen-bond acceptors (Lipinski definition) is 2. The lowest BCUT2D eigenvalue weighted by Crippen LogP contribution is -2.39. The molecule has 2 aliphatic rings. The highest BCUT2D eigenvalue weighted by atomic mass is 16.2. The van der Waals surface area contributed by atoms with Crippen molar-refractivity contribution in [2.45, 2.75) is 31.7 Å². The molecule has 0 spiro atoms. The topological polar surface area (TPSA) is 41.1 Å². The maximum atomic E-state index is 11.7. The van der Waals surface area contributed by atoms with Gasteiger partial charge in [0.15, 0.2) is 0 Å². The van der Waals surface area contributed by atoms with E-state index in [4.69, 9.17) is 0 Å². The molecule has 1 fully saturated rings. The third-order valence-electron chi connectivity index (χ3n) is 3.05. The van der Waals surface area contributed by atoms with Gasteiger partial charge in [-0.2, -0.15) is 0 Å². The zero-order valence-electron chi connectivity index (χ0n) is 8.46. The standard InChI is InChI=1S/C11H18N2O/c14-11(9-6-7-12-8-9)13-10-4-2-1-3-5-10/h1-2,9-10,12H,3-8H2,(H,13,14). The molecule has 0 aromatic heterocycles. The Morgan fingerprint density at radius 1 is 1.36 bits per heavy atom. The lowest BCUT2D eigenvalue weighted by molar-refractivity contribution is -0.125. The van der Waals surface area contributed by atoms with E-state index in [1.807, 2.05) is 0 Å². The Morgan fingerprint density at radius 2 is 2.29 bits per heavy atom. The van der Waals surface area contributed by atoms with Crippen molar-refractivity contribution in [3.8, 4) is 0 Å². The van der Waals surface area contributed by atoms with Gasteiger partial charge in [0.2, 0.25) is 5.91 Å². The van der Waals surface area contributed by atoms with Crippen LogP contribution in [0, 0.1) is 5.92 Å². The fourth-order valence-corrected chi connectivity index (χ4v) is 2.12. The summed E-state index contributed by atoms with van der Waals surface area (Å²) < 4.78 is 0. The third kappa shape index (κ3) is 2.35. The van der Waals surface area contributed by atoms with Crippen molar-refractivity contribution in [3.63, 3.8) is 0 Å².